The Labute approximate surface area is 116 Å². The van der Waals surface area contributed by atoms with Crippen LogP contribution in [0.2, 0.25) is 0 Å². The summed E-state index contributed by atoms with van der Waals surface area (Å²) in [6.45, 7) is 2.23. The molecule has 1 fully saturated rings. The smallest absolute Gasteiger partial charge is 0.251 e. The SMILES string of the molecule is CC1CCCCC1NC(=O)c1ccc(I)cc1. The molecule has 0 saturated heterocycles. The Hall–Kier alpha value is -0.580. The van der Waals surface area contributed by atoms with E-state index in [1.807, 2.05) is 24.3 Å². The first kappa shape index (κ1) is 12.9. The molecular formula is C14H18INO. The number of halogens is 1. The maximum Gasteiger partial charge on any atom is 0.251 e. The van der Waals surface area contributed by atoms with E-state index in [-0.39, 0.29) is 5.91 Å². The van der Waals surface area contributed by atoms with E-state index in [9.17, 15) is 4.79 Å². The lowest BCUT2D eigenvalue weighted by molar-refractivity contribution is 0.0910. The Morgan fingerprint density at radius 2 is 1.88 bits per heavy atom. The normalized spacial score (nSPS) is 24.4. The number of carbonyl (C=O) groups is 1. The Kier molecular flexibility index (Phi) is 4.42. The summed E-state index contributed by atoms with van der Waals surface area (Å²) < 4.78 is 1.16. The van der Waals surface area contributed by atoms with Crippen LogP contribution < -0.4 is 5.32 Å². The molecule has 2 rings (SSSR count). The minimum absolute atomic E-state index is 0.0696. The van der Waals surface area contributed by atoms with Crippen molar-refractivity contribution in [3.05, 3.63) is 33.4 Å². The molecule has 2 atom stereocenters. The number of rotatable bonds is 2. The highest BCUT2D eigenvalue weighted by molar-refractivity contribution is 14.1. The summed E-state index contributed by atoms with van der Waals surface area (Å²) in [6.07, 6.45) is 4.90. The minimum atomic E-state index is 0.0696. The molecular weight excluding hydrogens is 325 g/mol. The third-order valence-electron chi connectivity index (χ3n) is 3.53. The van der Waals surface area contributed by atoms with Gasteiger partial charge in [-0.3, -0.25) is 4.79 Å². The van der Waals surface area contributed by atoms with E-state index in [4.69, 9.17) is 0 Å². The van der Waals surface area contributed by atoms with Gasteiger partial charge in [0.05, 0.1) is 0 Å². The Morgan fingerprint density at radius 1 is 1.24 bits per heavy atom. The molecule has 0 bridgehead atoms. The van der Waals surface area contributed by atoms with Gasteiger partial charge < -0.3 is 5.32 Å². The zero-order valence-electron chi connectivity index (χ0n) is 10.1. The van der Waals surface area contributed by atoms with Crippen molar-refractivity contribution in [1.82, 2.24) is 5.32 Å². The van der Waals surface area contributed by atoms with Crippen molar-refractivity contribution < 1.29 is 4.79 Å². The van der Waals surface area contributed by atoms with Crippen LogP contribution in [-0.4, -0.2) is 11.9 Å². The first-order valence-electron chi connectivity index (χ1n) is 6.23. The number of hydrogen-bond donors (Lipinski definition) is 1. The minimum Gasteiger partial charge on any atom is -0.349 e. The van der Waals surface area contributed by atoms with Crippen LogP contribution in [0, 0.1) is 9.49 Å². The largest absolute Gasteiger partial charge is 0.349 e. The maximum absolute atomic E-state index is 12.1. The summed E-state index contributed by atoms with van der Waals surface area (Å²) in [6, 6.07) is 8.09. The lowest BCUT2D eigenvalue weighted by Gasteiger charge is -2.29. The molecule has 0 heterocycles. The summed E-state index contributed by atoms with van der Waals surface area (Å²) in [5.41, 5.74) is 0.767. The Bertz CT molecular complexity index is 388. The van der Waals surface area contributed by atoms with Crippen molar-refractivity contribution in [3.8, 4) is 0 Å². The Balaban J connectivity index is 1.98. The van der Waals surface area contributed by atoms with Crippen LogP contribution in [-0.2, 0) is 0 Å². The van der Waals surface area contributed by atoms with E-state index in [1.54, 1.807) is 0 Å². The van der Waals surface area contributed by atoms with Crippen LogP contribution in [0.1, 0.15) is 43.0 Å². The highest BCUT2D eigenvalue weighted by atomic mass is 127. The van der Waals surface area contributed by atoms with E-state index in [0.29, 0.717) is 12.0 Å². The summed E-state index contributed by atoms with van der Waals surface area (Å²) in [7, 11) is 0. The van der Waals surface area contributed by atoms with Gasteiger partial charge in [0, 0.05) is 15.2 Å². The standard InChI is InChI=1S/C14H18INO/c1-10-4-2-3-5-13(10)16-14(17)11-6-8-12(15)9-7-11/h6-10,13H,2-5H2,1H3,(H,16,17). The van der Waals surface area contributed by atoms with Crippen LogP contribution in [0.3, 0.4) is 0 Å². The molecule has 1 amide bonds. The van der Waals surface area contributed by atoms with Crippen LogP contribution in [0.5, 0.6) is 0 Å². The molecule has 0 aliphatic heterocycles. The number of benzene rings is 1. The third kappa shape index (κ3) is 3.44. The number of carbonyl (C=O) groups excluding carboxylic acids is 1. The molecule has 2 unspecified atom stereocenters. The number of amides is 1. The van der Waals surface area contributed by atoms with E-state index in [2.05, 4.69) is 34.8 Å². The molecule has 0 spiro atoms. The van der Waals surface area contributed by atoms with Gasteiger partial charge in [-0.1, -0.05) is 19.8 Å². The van der Waals surface area contributed by atoms with Crippen molar-refractivity contribution in [2.45, 2.75) is 38.6 Å². The quantitative estimate of drug-likeness (QED) is 0.817. The lowest BCUT2D eigenvalue weighted by Crippen LogP contribution is -2.41. The second-order valence-corrected chi connectivity index (χ2v) is 6.09. The second-order valence-electron chi connectivity index (χ2n) is 4.85. The van der Waals surface area contributed by atoms with E-state index < -0.39 is 0 Å². The van der Waals surface area contributed by atoms with Crippen LogP contribution in [0.4, 0.5) is 0 Å². The van der Waals surface area contributed by atoms with Crippen molar-refractivity contribution in [3.63, 3.8) is 0 Å². The van der Waals surface area contributed by atoms with Gasteiger partial charge in [-0.2, -0.15) is 0 Å². The summed E-state index contributed by atoms with van der Waals surface area (Å²) in [4.78, 5) is 12.1. The number of nitrogens with one attached hydrogen (secondary N) is 1. The van der Waals surface area contributed by atoms with E-state index in [1.165, 1.54) is 19.3 Å². The van der Waals surface area contributed by atoms with Gasteiger partial charge in [0.2, 0.25) is 0 Å². The number of hydrogen-bond acceptors (Lipinski definition) is 1. The third-order valence-corrected chi connectivity index (χ3v) is 4.25. The molecule has 92 valence electrons. The predicted molar refractivity (Wildman–Crippen MR) is 78.0 cm³/mol. The highest BCUT2D eigenvalue weighted by Gasteiger charge is 2.22. The average Bonchev–Trinajstić information content (AvgIpc) is 2.33. The average molecular weight is 343 g/mol. The fourth-order valence-corrected chi connectivity index (χ4v) is 2.74. The summed E-state index contributed by atoms with van der Waals surface area (Å²) >= 11 is 2.25. The molecule has 0 radical (unpaired) electrons. The zero-order valence-corrected chi connectivity index (χ0v) is 12.2. The van der Waals surface area contributed by atoms with Crippen LogP contribution >= 0.6 is 22.6 Å². The van der Waals surface area contributed by atoms with Gasteiger partial charge in [0.15, 0.2) is 0 Å². The molecule has 0 aromatic heterocycles. The Morgan fingerprint density at radius 3 is 2.53 bits per heavy atom. The molecule has 2 nitrogen and oxygen atoms in total. The van der Waals surface area contributed by atoms with Gasteiger partial charge in [0.25, 0.3) is 5.91 Å². The van der Waals surface area contributed by atoms with Crippen LogP contribution in [0.15, 0.2) is 24.3 Å². The van der Waals surface area contributed by atoms with Crippen molar-refractivity contribution in [2.24, 2.45) is 5.92 Å². The molecule has 1 saturated carbocycles. The van der Waals surface area contributed by atoms with Crippen LogP contribution in [0.25, 0.3) is 0 Å². The van der Waals surface area contributed by atoms with E-state index in [0.717, 1.165) is 15.6 Å². The molecule has 3 heteroatoms. The summed E-state index contributed by atoms with van der Waals surface area (Å²) in [5, 5.41) is 3.16. The second kappa shape index (κ2) is 5.85. The highest BCUT2D eigenvalue weighted by Crippen LogP contribution is 2.24. The van der Waals surface area contributed by atoms with Gasteiger partial charge in [-0.15, -0.1) is 0 Å². The maximum atomic E-state index is 12.1. The fourth-order valence-electron chi connectivity index (χ4n) is 2.38. The molecule has 1 aliphatic carbocycles. The topological polar surface area (TPSA) is 29.1 Å². The predicted octanol–water partition coefficient (Wildman–Crippen LogP) is 3.60. The molecule has 1 aliphatic rings. The van der Waals surface area contributed by atoms with E-state index >= 15 is 0 Å². The van der Waals surface area contributed by atoms with Gasteiger partial charge in [-0.05, 0) is 65.6 Å². The molecule has 1 N–H and O–H groups in total. The van der Waals surface area contributed by atoms with Gasteiger partial charge in [0.1, 0.15) is 0 Å². The first-order valence-corrected chi connectivity index (χ1v) is 7.31. The van der Waals surface area contributed by atoms with Crippen molar-refractivity contribution >= 4 is 28.5 Å². The fraction of sp³-hybridized carbons (Fsp3) is 0.500. The van der Waals surface area contributed by atoms with Gasteiger partial charge >= 0.3 is 0 Å². The van der Waals surface area contributed by atoms with Crippen molar-refractivity contribution in [2.75, 3.05) is 0 Å². The monoisotopic (exact) mass is 343 g/mol. The molecule has 17 heavy (non-hydrogen) atoms. The van der Waals surface area contributed by atoms with Crippen molar-refractivity contribution in [1.29, 1.82) is 0 Å². The molecule has 1 aromatic carbocycles. The first-order chi connectivity index (χ1) is 8.16. The molecule has 1 aromatic rings. The zero-order chi connectivity index (χ0) is 12.3. The summed E-state index contributed by atoms with van der Waals surface area (Å²) in [5.74, 6) is 0.677. The lowest BCUT2D eigenvalue weighted by atomic mass is 9.86. The van der Waals surface area contributed by atoms with Gasteiger partial charge in [-0.25, -0.2) is 0 Å².